The van der Waals surface area contributed by atoms with E-state index in [1.807, 2.05) is 20.0 Å². The van der Waals surface area contributed by atoms with Crippen molar-refractivity contribution in [3.63, 3.8) is 0 Å². The van der Waals surface area contributed by atoms with E-state index < -0.39 is 0 Å². The van der Waals surface area contributed by atoms with Gasteiger partial charge in [0.25, 0.3) is 5.56 Å². The summed E-state index contributed by atoms with van der Waals surface area (Å²) < 4.78 is 14.4. The molecule has 0 aliphatic rings. The lowest BCUT2D eigenvalue weighted by Gasteiger charge is -2.15. The molecule has 0 aliphatic carbocycles. The molecule has 0 amide bonds. The molecular formula is C20H21FN6OS. The van der Waals surface area contributed by atoms with Crippen LogP contribution in [-0.4, -0.2) is 43.3 Å². The Bertz CT molecular complexity index is 1180. The van der Waals surface area contributed by atoms with Crippen LogP contribution in [0.5, 0.6) is 0 Å². The number of fused-ring (bicyclic) bond motifs is 1. The summed E-state index contributed by atoms with van der Waals surface area (Å²) in [5.41, 5.74) is 3.34. The van der Waals surface area contributed by atoms with Gasteiger partial charge in [-0.3, -0.25) is 9.89 Å². The number of aromatic amines is 1. The summed E-state index contributed by atoms with van der Waals surface area (Å²) in [4.78, 5) is 19.5. The third kappa shape index (κ3) is 4.57. The smallest absolute Gasteiger partial charge is 0.275 e. The van der Waals surface area contributed by atoms with E-state index in [9.17, 15) is 9.18 Å². The molecule has 3 aromatic heterocycles. The molecule has 150 valence electrons. The molecule has 0 fully saturated rings. The Morgan fingerprint density at radius 2 is 2.03 bits per heavy atom. The highest BCUT2D eigenvalue weighted by Crippen LogP contribution is 2.18. The quantitative estimate of drug-likeness (QED) is 0.505. The largest absolute Gasteiger partial charge is 0.301 e. The van der Waals surface area contributed by atoms with E-state index in [0.717, 1.165) is 47.0 Å². The summed E-state index contributed by atoms with van der Waals surface area (Å²) in [6.07, 6.45) is 1.78. The van der Waals surface area contributed by atoms with Gasteiger partial charge in [-0.15, -0.1) is 0 Å². The lowest BCUT2D eigenvalue weighted by Crippen LogP contribution is -2.23. The molecular weight excluding hydrogens is 391 g/mol. The van der Waals surface area contributed by atoms with Crippen molar-refractivity contribution in [2.45, 2.75) is 26.3 Å². The fourth-order valence-corrected chi connectivity index (χ4v) is 3.95. The van der Waals surface area contributed by atoms with Crippen LogP contribution in [0.1, 0.15) is 22.8 Å². The molecule has 0 bridgehead atoms. The average molecular weight is 412 g/mol. The summed E-state index contributed by atoms with van der Waals surface area (Å²) in [6, 6.07) is 9.86. The Kier molecular flexibility index (Phi) is 5.50. The fourth-order valence-electron chi connectivity index (χ4n) is 3.19. The summed E-state index contributed by atoms with van der Waals surface area (Å²) in [5.74, 6) is -0.255. The second kappa shape index (κ2) is 8.22. The van der Waals surface area contributed by atoms with Crippen LogP contribution >= 0.6 is 11.3 Å². The molecule has 0 atom stereocenters. The number of nitrogens with zero attached hydrogens (tertiary/aromatic N) is 5. The summed E-state index contributed by atoms with van der Waals surface area (Å²) in [5, 5.41) is 12.3. The minimum Gasteiger partial charge on any atom is -0.301 e. The van der Waals surface area contributed by atoms with Crippen LogP contribution in [0, 0.1) is 12.7 Å². The van der Waals surface area contributed by atoms with Gasteiger partial charge in [0.15, 0.2) is 0 Å². The van der Waals surface area contributed by atoms with Crippen LogP contribution in [0.3, 0.4) is 0 Å². The molecule has 0 spiro atoms. The van der Waals surface area contributed by atoms with Gasteiger partial charge in [-0.2, -0.15) is 14.7 Å². The van der Waals surface area contributed by atoms with Crippen LogP contribution in [0.4, 0.5) is 4.39 Å². The third-order valence-electron chi connectivity index (χ3n) is 4.59. The number of hydrogen-bond donors (Lipinski definition) is 1. The standard InChI is InChI=1S/C20H21FN6OS/c1-13-25-27-19(28)11-17(22-20(27)29-13)12-26(2)9-3-4-16-10-18(24-23-16)14-5-7-15(21)8-6-14/h5-8,10-11H,3-4,9,12H2,1-2H3,(H,23,24). The minimum absolute atomic E-state index is 0.145. The first-order valence-corrected chi connectivity index (χ1v) is 10.1. The van der Waals surface area contributed by atoms with Gasteiger partial charge in [-0.1, -0.05) is 11.3 Å². The van der Waals surface area contributed by atoms with Crippen LogP contribution in [0.25, 0.3) is 16.2 Å². The number of nitrogens with one attached hydrogen (secondary N) is 1. The van der Waals surface area contributed by atoms with E-state index in [2.05, 4.69) is 25.2 Å². The van der Waals surface area contributed by atoms with Gasteiger partial charge in [0, 0.05) is 23.9 Å². The summed E-state index contributed by atoms with van der Waals surface area (Å²) in [7, 11) is 2.01. The molecule has 9 heteroatoms. The minimum atomic E-state index is -0.255. The highest BCUT2D eigenvalue weighted by Gasteiger charge is 2.09. The van der Waals surface area contributed by atoms with E-state index in [-0.39, 0.29) is 11.4 Å². The topological polar surface area (TPSA) is 79.2 Å². The molecule has 0 unspecified atom stereocenters. The van der Waals surface area contributed by atoms with Crippen molar-refractivity contribution in [2.24, 2.45) is 0 Å². The van der Waals surface area contributed by atoms with Gasteiger partial charge in [0.1, 0.15) is 10.8 Å². The number of aromatic nitrogens is 5. The predicted octanol–water partition coefficient (Wildman–Crippen LogP) is 3.05. The van der Waals surface area contributed by atoms with Crippen LogP contribution in [0.15, 0.2) is 41.2 Å². The van der Waals surface area contributed by atoms with Crippen LogP contribution in [-0.2, 0) is 13.0 Å². The molecule has 0 aliphatic heterocycles. The van der Waals surface area contributed by atoms with Gasteiger partial charge < -0.3 is 4.90 Å². The van der Waals surface area contributed by atoms with Crippen molar-refractivity contribution in [2.75, 3.05) is 13.6 Å². The fraction of sp³-hybridized carbons (Fsp3) is 0.300. The Morgan fingerprint density at radius 3 is 2.83 bits per heavy atom. The average Bonchev–Trinajstić information content (AvgIpc) is 3.29. The first kappa shape index (κ1) is 19.4. The highest BCUT2D eigenvalue weighted by molar-refractivity contribution is 7.16. The van der Waals surface area contributed by atoms with Crippen molar-refractivity contribution >= 4 is 16.3 Å². The van der Waals surface area contributed by atoms with Gasteiger partial charge in [0.05, 0.1) is 11.4 Å². The van der Waals surface area contributed by atoms with E-state index in [4.69, 9.17) is 0 Å². The van der Waals surface area contributed by atoms with Crippen molar-refractivity contribution in [3.05, 3.63) is 69.0 Å². The van der Waals surface area contributed by atoms with E-state index in [1.165, 1.54) is 28.0 Å². The summed E-state index contributed by atoms with van der Waals surface area (Å²) in [6.45, 7) is 3.32. The zero-order chi connectivity index (χ0) is 20.4. The van der Waals surface area contributed by atoms with Crippen LogP contribution in [0.2, 0.25) is 0 Å². The zero-order valence-electron chi connectivity index (χ0n) is 16.2. The number of H-pyrrole nitrogens is 1. The molecule has 1 aromatic carbocycles. The SMILES string of the molecule is Cc1nn2c(=O)cc(CN(C)CCCc3cc(-c4ccc(F)cc4)n[nH]3)nc2s1. The predicted molar refractivity (Wildman–Crippen MR) is 111 cm³/mol. The second-order valence-corrected chi connectivity index (χ2v) is 8.19. The molecule has 4 aromatic rings. The second-order valence-electron chi connectivity index (χ2n) is 7.03. The number of halogens is 1. The number of benzene rings is 1. The first-order chi connectivity index (χ1) is 14.0. The van der Waals surface area contributed by atoms with Crippen LogP contribution < -0.4 is 5.56 Å². The first-order valence-electron chi connectivity index (χ1n) is 9.33. The molecule has 3 heterocycles. The Labute approximate surface area is 170 Å². The molecule has 0 saturated heterocycles. The molecule has 4 rings (SSSR count). The molecule has 29 heavy (non-hydrogen) atoms. The maximum Gasteiger partial charge on any atom is 0.275 e. The monoisotopic (exact) mass is 412 g/mol. The van der Waals surface area contributed by atoms with Crippen molar-refractivity contribution < 1.29 is 4.39 Å². The summed E-state index contributed by atoms with van der Waals surface area (Å²) >= 11 is 1.41. The molecule has 0 saturated carbocycles. The van der Waals surface area contributed by atoms with Crippen molar-refractivity contribution in [1.29, 1.82) is 0 Å². The molecule has 0 radical (unpaired) electrons. The maximum absolute atomic E-state index is 13.0. The lowest BCUT2D eigenvalue weighted by molar-refractivity contribution is 0.318. The Hall–Kier alpha value is -2.91. The lowest BCUT2D eigenvalue weighted by atomic mass is 10.1. The number of rotatable bonds is 7. The van der Waals surface area contributed by atoms with E-state index in [0.29, 0.717) is 11.5 Å². The third-order valence-corrected chi connectivity index (χ3v) is 5.41. The normalized spacial score (nSPS) is 11.6. The van der Waals surface area contributed by atoms with E-state index >= 15 is 0 Å². The highest BCUT2D eigenvalue weighted by atomic mass is 32.1. The van der Waals surface area contributed by atoms with Gasteiger partial charge >= 0.3 is 0 Å². The van der Waals surface area contributed by atoms with Gasteiger partial charge in [-0.05, 0) is 63.7 Å². The Morgan fingerprint density at radius 1 is 1.24 bits per heavy atom. The Balaban J connectivity index is 1.32. The van der Waals surface area contributed by atoms with Gasteiger partial charge in [0.2, 0.25) is 4.96 Å². The number of hydrogen-bond acceptors (Lipinski definition) is 6. The van der Waals surface area contributed by atoms with Crippen molar-refractivity contribution in [1.82, 2.24) is 29.7 Å². The molecule has 1 N–H and O–H groups in total. The molecule has 7 nitrogen and oxygen atoms in total. The maximum atomic E-state index is 13.0. The zero-order valence-corrected chi connectivity index (χ0v) is 17.0. The number of aryl methyl sites for hydroxylation is 2. The van der Waals surface area contributed by atoms with Gasteiger partial charge in [-0.25, -0.2) is 9.37 Å². The van der Waals surface area contributed by atoms with E-state index in [1.54, 1.807) is 18.2 Å². The van der Waals surface area contributed by atoms with Crippen molar-refractivity contribution in [3.8, 4) is 11.3 Å².